The van der Waals surface area contributed by atoms with E-state index in [9.17, 15) is 9.90 Å². The molecule has 1 aliphatic heterocycles. The summed E-state index contributed by atoms with van der Waals surface area (Å²) in [5, 5.41) is 11.6. The molecule has 0 saturated heterocycles. The molecule has 37 heavy (non-hydrogen) atoms. The second-order valence-corrected chi connectivity index (χ2v) is 11.1. The van der Waals surface area contributed by atoms with Gasteiger partial charge in [0.2, 0.25) is 0 Å². The van der Waals surface area contributed by atoms with Gasteiger partial charge in [-0.15, -0.1) is 11.8 Å². The second-order valence-electron chi connectivity index (χ2n) is 9.48. The molecule has 2 aromatic carbocycles. The summed E-state index contributed by atoms with van der Waals surface area (Å²) in [6.45, 7) is 2.44. The number of halogens is 1. The fourth-order valence-electron chi connectivity index (χ4n) is 5.12. The normalized spacial score (nSPS) is 19.0. The minimum Gasteiger partial charge on any atom is -0.508 e. The van der Waals surface area contributed by atoms with E-state index >= 15 is 0 Å². The molecule has 3 N–H and O–H groups in total. The standard InChI is InChI=1S/C30H30ClNO2S.CH5N/c1-20-22-7-5-6-10-27(18-22)35-29(20)30(34)32(26-8-3-2-4-9-26)19-24-17-23(13-16-28(24)33)21-11-14-25(31)15-12-21;1-2/h5-7,10-18,26-27,33H,2-4,8-9,19H2,1H3;2H2,1H3. The Bertz CT molecular complexity index is 1240. The summed E-state index contributed by atoms with van der Waals surface area (Å²) in [6.07, 6.45) is 16.1. The summed E-state index contributed by atoms with van der Waals surface area (Å²) in [4.78, 5) is 17.0. The van der Waals surface area contributed by atoms with Crippen molar-refractivity contribution < 1.29 is 9.90 Å². The van der Waals surface area contributed by atoms with Gasteiger partial charge in [0.25, 0.3) is 5.91 Å². The Morgan fingerprint density at radius 3 is 2.49 bits per heavy atom. The van der Waals surface area contributed by atoms with E-state index in [4.69, 9.17) is 11.6 Å². The number of hydrogen-bond acceptors (Lipinski definition) is 4. The van der Waals surface area contributed by atoms with Crippen LogP contribution in [-0.4, -0.2) is 34.3 Å². The lowest BCUT2D eigenvalue weighted by Gasteiger charge is -2.36. The van der Waals surface area contributed by atoms with Crippen molar-refractivity contribution in [2.45, 2.75) is 56.9 Å². The van der Waals surface area contributed by atoms with E-state index in [1.165, 1.54) is 13.5 Å². The number of nitrogens with two attached hydrogens (primary N) is 1. The SMILES string of the molecule is CC1=C(C(=O)N(Cc2cc(-c3ccc(Cl)cc3)ccc2O)C2CCCCC2)SC2C=CC=CC1=C2.CN. The van der Waals surface area contributed by atoms with Gasteiger partial charge in [0.1, 0.15) is 5.75 Å². The number of carbonyl (C=O) groups is 1. The van der Waals surface area contributed by atoms with Gasteiger partial charge in [-0.05, 0) is 73.4 Å². The molecule has 1 heterocycles. The maximum Gasteiger partial charge on any atom is 0.261 e. The molecular weight excluding hydrogens is 500 g/mol. The fraction of sp³-hybridized carbons (Fsp3) is 0.323. The zero-order chi connectivity index (χ0) is 26.4. The van der Waals surface area contributed by atoms with Gasteiger partial charge < -0.3 is 15.7 Å². The molecular formula is C31H35ClN2O2S. The summed E-state index contributed by atoms with van der Waals surface area (Å²) in [5.74, 6) is 0.301. The number of amides is 1. The predicted molar refractivity (Wildman–Crippen MR) is 157 cm³/mol. The highest BCUT2D eigenvalue weighted by Crippen LogP contribution is 2.40. The molecule has 3 aliphatic rings. The number of benzene rings is 2. The van der Waals surface area contributed by atoms with E-state index < -0.39 is 0 Å². The molecule has 2 aliphatic carbocycles. The van der Waals surface area contributed by atoms with E-state index in [1.54, 1.807) is 17.8 Å². The molecule has 1 amide bonds. The Labute approximate surface area is 229 Å². The quantitative estimate of drug-likeness (QED) is 0.419. The minimum atomic E-state index is 0.0787. The summed E-state index contributed by atoms with van der Waals surface area (Å²) < 4.78 is 0. The first-order valence-corrected chi connectivity index (χ1v) is 14.2. The third-order valence-corrected chi connectivity index (χ3v) is 8.66. The van der Waals surface area contributed by atoms with Crippen molar-refractivity contribution in [1.29, 1.82) is 0 Å². The van der Waals surface area contributed by atoms with Crippen LogP contribution in [0, 0.1) is 0 Å². The summed E-state index contributed by atoms with van der Waals surface area (Å²) in [5.41, 5.74) is 9.46. The molecule has 5 rings (SSSR count). The van der Waals surface area contributed by atoms with Crippen LogP contribution in [0.5, 0.6) is 5.75 Å². The Balaban J connectivity index is 0.00000156. The van der Waals surface area contributed by atoms with Crippen molar-refractivity contribution in [2.75, 3.05) is 7.05 Å². The van der Waals surface area contributed by atoms with E-state index in [0.717, 1.165) is 58.4 Å². The lowest BCUT2D eigenvalue weighted by atomic mass is 9.93. The molecule has 1 atom stereocenters. The van der Waals surface area contributed by atoms with Crippen LogP contribution in [0.4, 0.5) is 0 Å². The van der Waals surface area contributed by atoms with Crippen molar-refractivity contribution in [2.24, 2.45) is 5.73 Å². The Morgan fingerprint density at radius 2 is 1.76 bits per heavy atom. The van der Waals surface area contributed by atoms with Crippen molar-refractivity contribution in [3.8, 4) is 16.9 Å². The van der Waals surface area contributed by atoms with Gasteiger partial charge in [0, 0.05) is 28.4 Å². The first-order valence-electron chi connectivity index (χ1n) is 12.9. The van der Waals surface area contributed by atoms with Crippen LogP contribution in [0.15, 0.2) is 88.9 Å². The third kappa shape index (κ3) is 6.40. The number of thioether (sulfide) groups is 1. The molecule has 0 aromatic heterocycles. The summed E-state index contributed by atoms with van der Waals surface area (Å²) in [7, 11) is 1.50. The van der Waals surface area contributed by atoms with Gasteiger partial charge in [-0.2, -0.15) is 0 Å². The number of aromatic hydroxyl groups is 1. The number of fused-ring (bicyclic) bond motifs is 1. The maximum absolute atomic E-state index is 14.1. The third-order valence-electron chi connectivity index (χ3n) is 7.13. The van der Waals surface area contributed by atoms with E-state index in [-0.39, 0.29) is 22.9 Å². The Hall–Kier alpha value is -2.73. The van der Waals surface area contributed by atoms with Crippen LogP contribution in [0.25, 0.3) is 11.1 Å². The second kappa shape index (κ2) is 12.7. The minimum absolute atomic E-state index is 0.0787. The number of carbonyl (C=O) groups excluding carboxylic acids is 1. The number of allylic oxidation sites excluding steroid dienone is 5. The highest BCUT2D eigenvalue weighted by molar-refractivity contribution is 8.05. The number of phenols is 1. The lowest BCUT2D eigenvalue weighted by Crippen LogP contribution is -2.42. The van der Waals surface area contributed by atoms with Crippen LogP contribution >= 0.6 is 23.4 Å². The Kier molecular flexibility index (Phi) is 9.36. The molecule has 194 valence electrons. The molecule has 0 spiro atoms. The van der Waals surface area contributed by atoms with E-state index in [1.807, 2.05) is 47.4 Å². The lowest BCUT2D eigenvalue weighted by molar-refractivity contribution is -0.130. The maximum atomic E-state index is 14.1. The topological polar surface area (TPSA) is 66.6 Å². The first-order chi connectivity index (χ1) is 18.0. The van der Waals surface area contributed by atoms with E-state index in [2.05, 4.69) is 37.0 Å². The molecule has 6 heteroatoms. The average molecular weight is 535 g/mol. The van der Waals surface area contributed by atoms with Gasteiger partial charge >= 0.3 is 0 Å². The van der Waals surface area contributed by atoms with Crippen LogP contribution in [-0.2, 0) is 11.3 Å². The van der Waals surface area contributed by atoms with Crippen LogP contribution < -0.4 is 5.73 Å². The number of nitrogens with zero attached hydrogens (tertiary/aromatic N) is 1. The zero-order valence-corrected chi connectivity index (χ0v) is 23.1. The molecule has 1 saturated carbocycles. The molecule has 2 bridgehead atoms. The van der Waals surface area contributed by atoms with Gasteiger partial charge in [-0.3, -0.25) is 4.79 Å². The average Bonchev–Trinajstić information content (AvgIpc) is 3.14. The monoisotopic (exact) mass is 534 g/mol. The zero-order valence-electron chi connectivity index (χ0n) is 21.5. The van der Waals surface area contributed by atoms with Crippen molar-refractivity contribution in [3.63, 3.8) is 0 Å². The van der Waals surface area contributed by atoms with Gasteiger partial charge in [0.05, 0.1) is 4.91 Å². The fourth-order valence-corrected chi connectivity index (χ4v) is 6.41. The predicted octanol–water partition coefficient (Wildman–Crippen LogP) is 7.39. The molecule has 2 aromatic rings. The van der Waals surface area contributed by atoms with Crippen LogP contribution in [0.1, 0.15) is 44.6 Å². The van der Waals surface area contributed by atoms with Crippen molar-refractivity contribution in [3.05, 3.63) is 99.5 Å². The van der Waals surface area contributed by atoms with E-state index in [0.29, 0.717) is 11.6 Å². The van der Waals surface area contributed by atoms with Gasteiger partial charge in [-0.25, -0.2) is 0 Å². The number of phenolic OH excluding ortho intramolecular Hbond substituents is 1. The van der Waals surface area contributed by atoms with Crippen LogP contribution in [0.2, 0.25) is 5.02 Å². The smallest absolute Gasteiger partial charge is 0.261 e. The number of hydrogen-bond donors (Lipinski definition) is 2. The molecule has 0 radical (unpaired) electrons. The highest BCUT2D eigenvalue weighted by Gasteiger charge is 2.32. The van der Waals surface area contributed by atoms with Crippen molar-refractivity contribution in [1.82, 2.24) is 4.90 Å². The first kappa shape index (κ1) is 27.3. The van der Waals surface area contributed by atoms with Crippen molar-refractivity contribution >= 4 is 29.3 Å². The molecule has 1 unspecified atom stereocenters. The summed E-state index contributed by atoms with van der Waals surface area (Å²) >= 11 is 7.71. The largest absolute Gasteiger partial charge is 0.508 e. The van der Waals surface area contributed by atoms with Gasteiger partial charge in [0.15, 0.2) is 0 Å². The molecule has 1 fully saturated rings. The molecule has 4 nitrogen and oxygen atoms in total. The Morgan fingerprint density at radius 1 is 1.05 bits per heavy atom. The van der Waals surface area contributed by atoms with Crippen LogP contribution in [0.3, 0.4) is 0 Å². The van der Waals surface area contributed by atoms with Gasteiger partial charge in [-0.1, -0.05) is 79.4 Å². The number of rotatable bonds is 5. The summed E-state index contributed by atoms with van der Waals surface area (Å²) in [6, 6.07) is 13.5. The highest BCUT2D eigenvalue weighted by atomic mass is 35.5.